The lowest BCUT2D eigenvalue weighted by molar-refractivity contribution is -0.143. The maximum atomic E-state index is 11.3. The lowest BCUT2D eigenvalue weighted by Crippen LogP contribution is -2.52. The van der Waals surface area contributed by atoms with E-state index >= 15 is 0 Å². The van der Waals surface area contributed by atoms with E-state index in [1.165, 1.54) is 0 Å². The van der Waals surface area contributed by atoms with Crippen molar-refractivity contribution in [2.75, 3.05) is 31.1 Å². The predicted octanol–water partition coefficient (Wildman–Crippen LogP) is 1.46. The van der Waals surface area contributed by atoms with Crippen LogP contribution < -0.4 is 4.90 Å². The molecule has 2 aliphatic rings. The van der Waals surface area contributed by atoms with E-state index in [4.69, 9.17) is 0 Å². The summed E-state index contributed by atoms with van der Waals surface area (Å²) in [4.78, 5) is 20.3. The topological polar surface area (TPSA) is 56.7 Å². The molecule has 108 valence electrons. The van der Waals surface area contributed by atoms with Gasteiger partial charge in [-0.1, -0.05) is 12.5 Å². The fourth-order valence-corrected chi connectivity index (χ4v) is 3.49. The second-order valence-electron chi connectivity index (χ2n) is 5.65. The highest BCUT2D eigenvalue weighted by Crippen LogP contribution is 2.31. The largest absolute Gasteiger partial charge is 0.481 e. The fourth-order valence-electron chi connectivity index (χ4n) is 3.49. The summed E-state index contributed by atoms with van der Waals surface area (Å²) in [6.07, 6.45) is 4.72. The van der Waals surface area contributed by atoms with Crippen LogP contribution in [-0.4, -0.2) is 53.2 Å². The van der Waals surface area contributed by atoms with Crippen molar-refractivity contribution in [2.45, 2.75) is 25.3 Å². The molecule has 0 radical (unpaired) electrons. The maximum Gasteiger partial charge on any atom is 0.308 e. The number of piperazine rings is 1. The first-order valence-corrected chi connectivity index (χ1v) is 7.38. The zero-order valence-electron chi connectivity index (χ0n) is 11.6. The number of carboxylic acid groups (broad SMARTS) is 1. The normalized spacial score (nSPS) is 27.7. The van der Waals surface area contributed by atoms with Gasteiger partial charge in [0.1, 0.15) is 5.82 Å². The molecular weight excluding hydrogens is 254 g/mol. The minimum Gasteiger partial charge on any atom is -0.481 e. The Hall–Kier alpha value is -1.62. The summed E-state index contributed by atoms with van der Waals surface area (Å²) in [5.74, 6) is 0.226. The molecule has 20 heavy (non-hydrogen) atoms. The smallest absolute Gasteiger partial charge is 0.308 e. The number of carboxylic acids is 1. The molecule has 0 spiro atoms. The molecule has 2 atom stereocenters. The summed E-state index contributed by atoms with van der Waals surface area (Å²) < 4.78 is 0. The first kappa shape index (κ1) is 13.4. The first-order chi connectivity index (χ1) is 9.75. The van der Waals surface area contributed by atoms with Crippen molar-refractivity contribution in [3.8, 4) is 0 Å². The number of rotatable bonds is 3. The minimum atomic E-state index is -0.625. The van der Waals surface area contributed by atoms with Crippen molar-refractivity contribution < 1.29 is 9.90 Å². The van der Waals surface area contributed by atoms with Gasteiger partial charge in [-0.05, 0) is 25.0 Å². The van der Waals surface area contributed by atoms with Crippen molar-refractivity contribution in [3.05, 3.63) is 24.4 Å². The molecule has 1 N–H and O–H groups in total. The first-order valence-electron chi connectivity index (χ1n) is 7.38. The number of nitrogens with zero attached hydrogens (tertiary/aromatic N) is 3. The van der Waals surface area contributed by atoms with E-state index in [1.54, 1.807) is 0 Å². The Kier molecular flexibility index (Phi) is 3.87. The summed E-state index contributed by atoms with van der Waals surface area (Å²) in [5, 5.41) is 9.30. The quantitative estimate of drug-likeness (QED) is 0.905. The molecule has 1 aliphatic carbocycles. The van der Waals surface area contributed by atoms with Crippen LogP contribution in [0, 0.1) is 5.92 Å². The SMILES string of the molecule is O=C(O)C1CCCC1N1CCN(c2ccccn2)CC1. The fraction of sp³-hybridized carbons (Fsp3) is 0.600. The number of anilines is 1. The van der Waals surface area contributed by atoms with Gasteiger partial charge in [0, 0.05) is 38.4 Å². The molecule has 2 fully saturated rings. The van der Waals surface area contributed by atoms with Gasteiger partial charge < -0.3 is 10.0 Å². The predicted molar refractivity (Wildman–Crippen MR) is 76.8 cm³/mol. The number of aromatic nitrogens is 1. The number of aliphatic carboxylic acids is 1. The van der Waals surface area contributed by atoms with Crippen LogP contribution in [0.4, 0.5) is 5.82 Å². The van der Waals surface area contributed by atoms with Crippen LogP contribution in [0.25, 0.3) is 0 Å². The van der Waals surface area contributed by atoms with Crippen LogP contribution in [0.1, 0.15) is 19.3 Å². The zero-order chi connectivity index (χ0) is 13.9. The monoisotopic (exact) mass is 275 g/mol. The Balaban J connectivity index is 1.60. The van der Waals surface area contributed by atoms with Crippen molar-refractivity contribution in [3.63, 3.8) is 0 Å². The highest BCUT2D eigenvalue weighted by atomic mass is 16.4. The molecule has 5 nitrogen and oxygen atoms in total. The van der Waals surface area contributed by atoms with Crippen molar-refractivity contribution in [1.82, 2.24) is 9.88 Å². The van der Waals surface area contributed by atoms with E-state index in [1.807, 2.05) is 24.4 Å². The summed E-state index contributed by atoms with van der Waals surface area (Å²) >= 11 is 0. The standard InChI is InChI=1S/C15H21N3O2/c19-15(20)12-4-3-5-13(12)17-8-10-18(11-9-17)14-6-1-2-7-16-14/h1-2,6-7,12-13H,3-5,8-11H2,(H,19,20). The number of pyridine rings is 1. The Morgan fingerprint density at radius 2 is 2.00 bits per heavy atom. The molecule has 1 aliphatic heterocycles. The third kappa shape index (κ3) is 2.63. The molecule has 3 rings (SSSR count). The lowest BCUT2D eigenvalue weighted by Gasteiger charge is -2.39. The van der Waals surface area contributed by atoms with Gasteiger partial charge in [0.15, 0.2) is 0 Å². The van der Waals surface area contributed by atoms with Gasteiger partial charge in [-0.3, -0.25) is 9.69 Å². The summed E-state index contributed by atoms with van der Waals surface area (Å²) in [7, 11) is 0. The highest BCUT2D eigenvalue weighted by molar-refractivity contribution is 5.71. The van der Waals surface area contributed by atoms with Gasteiger partial charge >= 0.3 is 5.97 Å². The highest BCUT2D eigenvalue weighted by Gasteiger charge is 2.37. The molecule has 0 bridgehead atoms. The summed E-state index contributed by atoms with van der Waals surface area (Å²) in [5.41, 5.74) is 0. The van der Waals surface area contributed by atoms with Gasteiger partial charge in [-0.25, -0.2) is 4.98 Å². The van der Waals surface area contributed by atoms with Gasteiger partial charge in [0.2, 0.25) is 0 Å². The van der Waals surface area contributed by atoms with Gasteiger partial charge in [0.25, 0.3) is 0 Å². The second kappa shape index (κ2) is 5.79. The van der Waals surface area contributed by atoms with Gasteiger partial charge in [0.05, 0.1) is 5.92 Å². The average molecular weight is 275 g/mol. The number of carbonyl (C=O) groups is 1. The molecule has 2 heterocycles. The molecular formula is C15H21N3O2. The van der Waals surface area contributed by atoms with Crippen molar-refractivity contribution in [2.24, 2.45) is 5.92 Å². The van der Waals surface area contributed by atoms with E-state index in [0.717, 1.165) is 51.3 Å². The molecule has 1 aromatic rings. The Morgan fingerprint density at radius 1 is 1.20 bits per heavy atom. The van der Waals surface area contributed by atoms with Crippen LogP contribution in [0.3, 0.4) is 0 Å². The molecule has 1 saturated carbocycles. The third-order valence-corrected chi connectivity index (χ3v) is 4.55. The second-order valence-corrected chi connectivity index (χ2v) is 5.65. The number of hydrogen-bond donors (Lipinski definition) is 1. The van der Waals surface area contributed by atoms with Crippen LogP contribution in [-0.2, 0) is 4.79 Å². The van der Waals surface area contributed by atoms with E-state index < -0.39 is 5.97 Å². The maximum absolute atomic E-state index is 11.3. The Bertz CT molecular complexity index is 457. The Morgan fingerprint density at radius 3 is 2.65 bits per heavy atom. The van der Waals surface area contributed by atoms with Crippen molar-refractivity contribution >= 4 is 11.8 Å². The molecule has 2 unspecified atom stereocenters. The summed E-state index contributed by atoms with van der Waals surface area (Å²) in [6.45, 7) is 3.73. The van der Waals surface area contributed by atoms with Gasteiger partial charge in [-0.2, -0.15) is 0 Å². The van der Waals surface area contributed by atoms with Crippen LogP contribution in [0.5, 0.6) is 0 Å². The van der Waals surface area contributed by atoms with E-state index in [-0.39, 0.29) is 12.0 Å². The molecule has 1 saturated heterocycles. The van der Waals surface area contributed by atoms with E-state index in [9.17, 15) is 9.90 Å². The van der Waals surface area contributed by atoms with Crippen LogP contribution >= 0.6 is 0 Å². The van der Waals surface area contributed by atoms with Gasteiger partial charge in [-0.15, -0.1) is 0 Å². The molecule has 1 aromatic heterocycles. The lowest BCUT2D eigenvalue weighted by atomic mass is 10.0. The molecule has 0 amide bonds. The summed E-state index contributed by atoms with van der Waals surface area (Å²) in [6, 6.07) is 6.20. The van der Waals surface area contributed by atoms with E-state index in [2.05, 4.69) is 14.8 Å². The van der Waals surface area contributed by atoms with Crippen molar-refractivity contribution in [1.29, 1.82) is 0 Å². The Labute approximate surface area is 119 Å². The third-order valence-electron chi connectivity index (χ3n) is 4.55. The minimum absolute atomic E-state index is 0.170. The van der Waals surface area contributed by atoms with E-state index in [0.29, 0.717) is 0 Å². The number of hydrogen-bond acceptors (Lipinski definition) is 4. The van der Waals surface area contributed by atoms with Crippen LogP contribution in [0.15, 0.2) is 24.4 Å². The zero-order valence-corrected chi connectivity index (χ0v) is 11.6. The molecule has 0 aromatic carbocycles. The average Bonchev–Trinajstić information content (AvgIpc) is 2.98. The van der Waals surface area contributed by atoms with Crippen LogP contribution in [0.2, 0.25) is 0 Å². The molecule has 5 heteroatoms.